The number of para-hydroxylation sites is 1. The molecule has 0 saturated heterocycles. The first-order chi connectivity index (χ1) is 25.7. The fourth-order valence-electron chi connectivity index (χ4n) is 7.58. The van der Waals surface area contributed by atoms with Crippen molar-refractivity contribution in [2.45, 2.75) is 0 Å². The van der Waals surface area contributed by atoms with E-state index >= 15 is 0 Å². The summed E-state index contributed by atoms with van der Waals surface area (Å²) >= 11 is 0. The van der Waals surface area contributed by atoms with Crippen molar-refractivity contribution in [1.29, 1.82) is 0 Å². The van der Waals surface area contributed by atoms with Crippen LogP contribution in [-0.2, 0) is 0 Å². The maximum Gasteiger partial charge on any atom is 0.164 e. The topological polar surface area (TPSA) is 77.8 Å². The van der Waals surface area contributed by atoms with Crippen LogP contribution in [0.3, 0.4) is 0 Å². The van der Waals surface area contributed by atoms with Crippen molar-refractivity contribution < 1.29 is 8.83 Å². The van der Waals surface area contributed by atoms with Crippen molar-refractivity contribution in [3.05, 3.63) is 158 Å². The maximum atomic E-state index is 6.38. The van der Waals surface area contributed by atoms with Crippen LogP contribution in [-0.4, -0.2) is 19.9 Å². The number of furan rings is 2. The molecular weight excluding hydrogens is 641 g/mol. The van der Waals surface area contributed by atoms with Gasteiger partial charge in [-0.25, -0.2) is 15.0 Å². The van der Waals surface area contributed by atoms with Crippen LogP contribution in [0.5, 0.6) is 0 Å². The van der Waals surface area contributed by atoms with Crippen molar-refractivity contribution in [2.24, 2.45) is 0 Å². The van der Waals surface area contributed by atoms with Gasteiger partial charge in [-0.05, 0) is 58.3 Å². The van der Waals surface area contributed by atoms with E-state index in [-0.39, 0.29) is 0 Å². The lowest BCUT2D eigenvalue weighted by atomic mass is 9.93. The Kier molecular flexibility index (Phi) is 6.15. The average molecular weight is 667 g/mol. The van der Waals surface area contributed by atoms with Crippen molar-refractivity contribution in [2.75, 3.05) is 0 Å². The molecule has 6 heteroatoms. The molecule has 11 aromatic rings. The van der Waals surface area contributed by atoms with Gasteiger partial charge < -0.3 is 8.83 Å². The Morgan fingerprint density at radius 1 is 0.365 bits per heavy atom. The minimum Gasteiger partial charge on any atom is -0.456 e. The molecule has 0 saturated carbocycles. The summed E-state index contributed by atoms with van der Waals surface area (Å²) in [5, 5.41) is 7.48. The molecule has 7 aromatic carbocycles. The predicted octanol–water partition coefficient (Wildman–Crippen LogP) is 12.0. The van der Waals surface area contributed by atoms with Gasteiger partial charge in [0.2, 0.25) is 0 Å². The fourth-order valence-corrected chi connectivity index (χ4v) is 7.58. The number of rotatable bonds is 4. The number of hydrogen-bond donors (Lipinski definition) is 0. The van der Waals surface area contributed by atoms with E-state index in [0.717, 1.165) is 93.4 Å². The molecule has 4 aromatic heterocycles. The number of fused-ring (bicyclic) bond motifs is 8. The molecule has 0 aliphatic heterocycles. The summed E-state index contributed by atoms with van der Waals surface area (Å²) < 4.78 is 12.6. The van der Waals surface area contributed by atoms with E-state index in [0.29, 0.717) is 17.5 Å². The van der Waals surface area contributed by atoms with Gasteiger partial charge in [0.1, 0.15) is 22.3 Å². The second kappa shape index (κ2) is 11.2. The van der Waals surface area contributed by atoms with E-state index in [2.05, 4.69) is 77.8 Å². The van der Waals surface area contributed by atoms with Crippen LogP contribution in [0.25, 0.3) is 111 Å². The molecule has 0 aliphatic carbocycles. The molecule has 4 heterocycles. The Balaban J connectivity index is 1.10. The lowest BCUT2D eigenvalue weighted by Crippen LogP contribution is -2.00. The smallest absolute Gasteiger partial charge is 0.164 e. The third-order valence-electron chi connectivity index (χ3n) is 9.96. The summed E-state index contributed by atoms with van der Waals surface area (Å²) in [4.78, 5) is 19.8. The highest BCUT2D eigenvalue weighted by Gasteiger charge is 2.19. The minimum atomic E-state index is 0.594. The molecule has 0 unspecified atom stereocenters. The Labute approximate surface area is 296 Å². The highest BCUT2D eigenvalue weighted by molar-refractivity contribution is 6.17. The van der Waals surface area contributed by atoms with Gasteiger partial charge in [0.15, 0.2) is 17.5 Å². The average Bonchev–Trinajstić information content (AvgIpc) is 3.77. The van der Waals surface area contributed by atoms with E-state index in [1.54, 1.807) is 0 Å². The molecule has 0 amide bonds. The van der Waals surface area contributed by atoms with Crippen molar-refractivity contribution in [3.63, 3.8) is 0 Å². The highest BCUT2D eigenvalue weighted by atomic mass is 16.3. The first-order valence-electron chi connectivity index (χ1n) is 17.2. The first kappa shape index (κ1) is 28.6. The molecule has 0 bridgehead atoms. The summed E-state index contributed by atoms with van der Waals surface area (Å²) in [6, 6.07) is 51.7. The van der Waals surface area contributed by atoms with Crippen LogP contribution in [0, 0.1) is 0 Å². The van der Waals surface area contributed by atoms with Crippen molar-refractivity contribution in [1.82, 2.24) is 19.9 Å². The number of benzene rings is 7. The van der Waals surface area contributed by atoms with Gasteiger partial charge in [0.05, 0.1) is 5.52 Å². The zero-order valence-corrected chi connectivity index (χ0v) is 27.6. The van der Waals surface area contributed by atoms with Gasteiger partial charge in [-0.3, -0.25) is 4.98 Å². The molecule has 11 rings (SSSR count). The minimum absolute atomic E-state index is 0.594. The summed E-state index contributed by atoms with van der Waals surface area (Å²) in [5.74, 6) is 1.81. The third-order valence-corrected chi connectivity index (χ3v) is 9.96. The Morgan fingerprint density at radius 2 is 1.04 bits per heavy atom. The van der Waals surface area contributed by atoms with E-state index in [1.165, 1.54) is 0 Å². The molecule has 52 heavy (non-hydrogen) atoms. The Bertz CT molecular complexity index is 3200. The number of hydrogen-bond acceptors (Lipinski definition) is 6. The monoisotopic (exact) mass is 666 g/mol. The molecule has 0 spiro atoms. The summed E-state index contributed by atoms with van der Waals surface area (Å²) in [7, 11) is 0. The Hall–Kier alpha value is -7.18. The number of pyridine rings is 1. The van der Waals surface area contributed by atoms with Gasteiger partial charge in [-0.1, -0.05) is 109 Å². The van der Waals surface area contributed by atoms with Crippen LogP contribution >= 0.6 is 0 Å². The van der Waals surface area contributed by atoms with Crippen LogP contribution in [0.1, 0.15) is 0 Å². The molecule has 242 valence electrons. The number of nitrogens with zero attached hydrogens (tertiary/aromatic N) is 4. The standard InChI is InChI=1S/C46H26N4O2/c1-2-10-27(11-3-1)44-48-45(50-46(49-44)35-17-8-20-40-43(35)34-14-4-5-18-38(34)51-40)30-21-22-31-28(24-30)12-6-15-32(31)33-16-7-19-39-42(33)36-25-29-13-9-23-47-37(29)26-41(36)52-39/h1-26H. The first-order valence-corrected chi connectivity index (χ1v) is 17.2. The maximum absolute atomic E-state index is 6.38. The predicted molar refractivity (Wildman–Crippen MR) is 209 cm³/mol. The highest BCUT2D eigenvalue weighted by Crippen LogP contribution is 2.41. The van der Waals surface area contributed by atoms with Gasteiger partial charge in [0, 0.05) is 55.9 Å². The quantitative estimate of drug-likeness (QED) is 0.186. The summed E-state index contributed by atoms with van der Waals surface area (Å²) in [6.45, 7) is 0. The van der Waals surface area contributed by atoms with E-state index < -0.39 is 0 Å². The van der Waals surface area contributed by atoms with Gasteiger partial charge >= 0.3 is 0 Å². The van der Waals surface area contributed by atoms with Gasteiger partial charge in [-0.2, -0.15) is 0 Å². The van der Waals surface area contributed by atoms with Crippen LogP contribution < -0.4 is 0 Å². The SMILES string of the molecule is c1ccc(-c2nc(-c3ccc4c(-c5cccc6oc7cc8ncccc8cc7c56)cccc4c3)nc(-c3cccc4oc5ccccc5c34)n2)cc1. The third kappa shape index (κ3) is 4.44. The zero-order valence-electron chi connectivity index (χ0n) is 27.6. The summed E-state index contributed by atoms with van der Waals surface area (Å²) in [6.07, 6.45) is 1.81. The molecule has 0 radical (unpaired) electrons. The van der Waals surface area contributed by atoms with E-state index in [9.17, 15) is 0 Å². The molecule has 6 nitrogen and oxygen atoms in total. The second-order valence-corrected chi connectivity index (χ2v) is 13.0. The Morgan fingerprint density at radius 3 is 1.92 bits per heavy atom. The second-order valence-electron chi connectivity index (χ2n) is 13.0. The van der Waals surface area contributed by atoms with E-state index in [4.69, 9.17) is 23.8 Å². The largest absolute Gasteiger partial charge is 0.456 e. The molecule has 0 aliphatic rings. The fraction of sp³-hybridized carbons (Fsp3) is 0. The van der Waals surface area contributed by atoms with Gasteiger partial charge in [-0.15, -0.1) is 0 Å². The van der Waals surface area contributed by atoms with Crippen LogP contribution in [0.4, 0.5) is 0 Å². The lowest BCUT2D eigenvalue weighted by molar-refractivity contribution is 0.668. The molecule has 0 atom stereocenters. The van der Waals surface area contributed by atoms with Crippen LogP contribution in [0.2, 0.25) is 0 Å². The lowest BCUT2D eigenvalue weighted by Gasteiger charge is -2.12. The van der Waals surface area contributed by atoms with Crippen molar-refractivity contribution in [3.8, 4) is 45.3 Å². The molecular formula is C46H26N4O2. The van der Waals surface area contributed by atoms with Gasteiger partial charge in [0.25, 0.3) is 0 Å². The van der Waals surface area contributed by atoms with Crippen molar-refractivity contribution >= 4 is 65.6 Å². The van der Waals surface area contributed by atoms with E-state index in [1.807, 2.05) is 85.1 Å². The van der Waals surface area contributed by atoms with Crippen LogP contribution in [0.15, 0.2) is 167 Å². The normalized spacial score (nSPS) is 11.8. The molecule has 0 fully saturated rings. The number of aromatic nitrogens is 4. The summed E-state index contributed by atoms with van der Waals surface area (Å²) in [5.41, 5.74) is 9.19. The molecule has 0 N–H and O–H groups in total. The zero-order chi connectivity index (χ0) is 34.2.